The standard InChI is InChI=1S/C16H23FN2O.ClH/c1-11-9-14(7-8-18-11)16(20)19-12(2)10-13-5-3-4-6-15(13)17;/h3-6,11-12,14,18H,7-10H2,1-2H3,(H,19,20);1H/t11-,12?,14-;/m0./s1. The number of rotatable bonds is 4. The van der Waals surface area contributed by atoms with Crippen LogP contribution in [0.25, 0.3) is 0 Å². The summed E-state index contributed by atoms with van der Waals surface area (Å²) >= 11 is 0. The molecule has 1 aromatic carbocycles. The second-order valence-electron chi connectivity index (χ2n) is 5.78. The molecule has 3 nitrogen and oxygen atoms in total. The highest BCUT2D eigenvalue weighted by molar-refractivity contribution is 5.85. The van der Waals surface area contributed by atoms with Crippen LogP contribution in [-0.4, -0.2) is 24.5 Å². The molecule has 5 heteroatoms. The summed E-state index contributed by atoms with van der Waals surface area (Å²) in [7, 11) is 0. The Bertz CT molecular complexity index is 469. The number of hydrogen-bond donors (Lipinski definition) is 2. The van der Waals surface area contributed by atoms with Crippen LogP contribution in [-0.2, 0) is 11.2 Å². The van der Waals surface area contributed by atoms with Gasteiger partial charge in [0.25, 0.3) is 0 Å². The van der Waals surface area contributed by atoms with E-state index in [1.165, 1.54) is 6.07 Å². The molecule has 1 heterocycles. The molecular weight excluding hydrogens is 291 g/mol. The van der Waals surface area contributed by atoms with E-state index in [1.54, 1.807) is 12.1 Å². The lowest BCUT2D eigenvalue weighted by atomic mass is 9.92. The van der Waals surface area contributed by atoms with E-state index in [0.717, 1.165) is 19.4 Å². The highest BCUT2D eigenvalue weighted by Gasteiger charge is 2.25. The summed E-state index contributed by atoms with van der Waals surface area (Å²) in [6.07, 6.45) is 2.28. The molecule has 1 unspecified atom stereocenters. The molecule has 0 spiro atoms. The van der Waals surface area contributed by atoms with Gasteiger partial charge in [-0.3, -0.25) is 4.79 Å². The molecule has 3 atom stereocenters. The van der Waals surface area contributed by atoms with Gasteiger partial charge in [-0.2, -0.15) is 0 Å². The van der Waals surface area contributed by atoms with Crippen molar-refractivity contribution in [1.82, 2.24) is 10.6 Å². The molecule has 21 heavy (non-hydrogen) atoms. The van der Waals surface area contributed by atoms with Gasteiger partial charge in [-0.05, 0) is 51.3 Å². The zero-order valence-electron chi connectivity index (χ0n) is 12.6. The Labute approximate surface area is 132 Å². The van der Waals surface area contributed by atoms with Crippen LogP contribution < -0.4 is 10.6 Å². The zero-order chi connectivity index (χ0) is 14.5. The van der Waals surface area contributed by atoms with Crippen molar-refractivity contribution in [3.63, 3.8) is 0 Å². The molecule has 0 saturated carbocycles. The summed E-state index contributed by atoms with van der Waals surface area (Å²) < 4.78 is 13.6. The molecule has 1 aliphatic rings. The summed E-state index contributed by atoms with van der Waals surface area (Å²) in [5.74, 6) is -0.0272. The zero-order valence-corrected chi connectivity index (χ0v) is 13.4. The Hall–Kier alpha value is -1.13. The lowest BCUT2D eigenvalue weighted by Gasteiger charge is -2.28. The monoisotopic (exact) mass is 314 g/mol. The van der Waals surface area contributed by atoms with Crippen molar-refractivity contribution >= 4 is 18.3 Å². The second kappa shape index (κ2) is 8.35. The van der Waals surface area contributed by atoms with E-state index in [0.29, 0.717) is 18.0 Å². The van der Waals surface area contributed by atoms with E-state index < -0.39 is 0 Å². The summed E-state index contributed by atoms with van der Waals surface area (Å²) in [6, 6.07) is 7.06. The highest BCUT2D eigenvalue weighted by atomic mass is 35.5. The number of piperidine rings is 1. The quantitative estimate of drug-likeness (QED) is 0.897. The molecule has 1 amide bonds. The lowest BCUT2D eigenvalue weighted by molar-refractivity contribution is -0.126. The van der Waals surface area contributed by atoms with Gasteiger partial charge in [0, 0.05) is 18.0 Å². The first-order valence-electron chi connectivity index (χ1n) is 7.33. The van der Waals surface area contributed by atoms with Crippen LogP contribution >= 0.6 is 12.4 Å². The molecule has 0 radical (unpaired) electrons. The molecule has 118 valence electrons. The van der Waals surface area contributed by atoms with E-state index in [4.69, 9.17) is 0 Å². The first-order valence-corrected chi connectivity index (χ1v) is 7.33. The van der Waals surface area contributed by atoms with Crippen molar-refractivity contribution in [2.45, 2.75) is 45.2 Å². The van der Waals surface area contributed by atoms with Gasteiger partial charge in [0.05, 0.1) is 0 Å². The minimum absolute atomic E-state index is 0. The van der Waals surface area contributed by atoms with Crippen LogP contribution in [0.1, 0.15) is 32.3 Å². The average molecular weight is 315 g/mol. The number of carbonyl (C=O) groups is 1. The maximum atomic E-state index is 13.6. The van der Waals surface area contributed by atoms with Crippen molar-refractivity contribution < 1.29 is 9.18 Å². The minimum Gasteiger partial charge on any atom is -0.353 e. The van der Waals surface area contributed by atoms with Gasteiger partial charge in [-0.25, -0.2) is 4.39 Å². The molecule has 1 aromatic rings. The van der Waals surface area contributed by atoms with Crippen molar-refractivity contribution in [2.24, 2.45) is 5.92 Å². The van der Waals surface area contributed by atoms with Crippen LogP contribution in [0.15, 0.2) is 24.3 Å². The Balaban J connectivity index is 0.00000220. The van der Waals surface area contributed by atoms with Crippen LogP contribution in [0.2, 0.25) is 0 Å². The van der Waals surface area contributed by atoms with Crippen molar-refractivity contribution in [2.75, 3.05) is 6.54 Å². The Morgan fingerprint density at radius 3 is 2.86 bits per heavy atom. The number of halogens is 2. The van der Waals surface area contributed by atoms with Gasteiger partial charge >= 0.3 is 0 Å². The fourth-order valence-corrected chi connectivity index (χ4v) is 2.78. The molecule has 1 fully saturated rings. The highest BCUT2D eigenvalue weighted by Crippen LogP contribution is 2.17. The van der Waals surface area contributed by atoms with E-state index in [2.05, 4.69) is 17.6 Å². The van der Waals surface area contributed by atoms with Gasteiger partial charge in [0.1, 0.15) is 5.82 Å². The average Bonchev–Trinajstić information content (AvgIpc) is 2.41. The second-order valence-corrected chi connectivity index (χ2v) is 5.78. The van der Waals surface area contributed by atoms with E-state index in [9.17, 15) is 9.18 Å². The van der Waals surface area contributed by atoms with E-state index >= 15 is 0 Å². The molecule has 1 aliphatic heterocycles. The molecule has 1 saturated heterocycles. The fraction of sp³-hybridized carbons (Fsp3) is 0.562. The minimum atomic E-state index is -0.205. The molecule has 0 aliphatic carbocycles. The Kier molecular flexibility index (Phi) is 7.12. The van der Waals surface area contributed by atoms with Gasteiger partial charge in [0.2, 0.25) is 5.91 Å². The summed E-state index contributed by atoms with van der Waals surface area (Å²) in [5.41, 5.74) is 0.652. The molecule has 0 aromatic heterocycles. The lowest BCUT2D eigenvalue weighted by Crippen LogP contribution is -2.45. The number of amides is 1. The SMILES string of the molecule is CC(Cc1ccccc1F)NC(=O)[C@H]1CCN[C@@H](C)C1.Cl. The summed E-state index contributed by atoms with van der Waals surface area (Å²) in [4.78, 5) is 12.2. The van der Waals surface area contributed by atoms with Crippen molar-refractivity contribution in [1.29, 1.82) is 0 Å². The molecule has 2 N–H and O–H groups in total. The summed E-state index contributed by atoms with van der Waals surface area (Å²) in [5, 5.41) is 6.35. The van der Waals surface area contributed by atoms with Crippen LogP contribution in [0.5, 0.6) is 0 Å². The number of hydrogen-bond acceptors (Lipinski definition) is 2. The third-order valence-corrected chi connectivity index (χ3v) is 3.87. The first kappa shape index (κ1) is 17.9. The first-order chi connectivity index (χ1) is 9.56. The smallest absolute Gasteiger partial charge is 0.223 e. The van der Waals surface area contributed by atoms with Gasteiger partial charge in [-0.1, -0.05) is 18.2 Å². The van der Waals surface area contributed by atoms with Crippen LogP contribution in [0.4, 0.5) is 4.39 Å². The largest absolute Gasteiger partial charge is 0.353 e. The summed E-state index contributed by atoms with van der Waals surface area (Å²) in [6.45, 7) is 4.91. The Morgan fingerprint density at radius 1 is 1.48 bits per heavy atom. The number of carbonyl (C=O) groups excluding carboxylic acids is 1. The van der Waals surface area contributed by atoms with E-state index in [1.807, 2.05) is 13.0 Å². The number of nitrogens with one attached hydrogen (secondary N) is 2. The molecular formula is C16H24ClFN2O. The molecule has 2 rings (SSSR count). The predicted octanol–water partition coefficient (Wildman–Crippen LogP) is 2.68. The third kappa shape index (κ3) is 5.29. The van der Waals surface area contributed by atoms with Crippen molar-refractivity contribution in [3.05, 3.63) is 35.6 Å². The predicted molar refractivity (Wildman–Crippen MR) is 85.1 cm³/mol. The third-order valence-electron chi connectivity index (χ3n) is 3.87. The molecule has 0 bridgehead atoms. The number of benzene rings is 1. The van der Waals surface area contributed by atoms with Gasteiger partial charge < -0.3 is 10.6 Å². The normalized spacial score (nSPS) is 23.0. The van der Waals surface area contributed by atoms with Gasteiger partial charge in [0.15, 0.2) is 0 Å². The van der Waals surface area contributed by atoms with E-state index in [-0.39, 0.29) is 36.1 Å². The maximum absolute atomic E-state index is 13.6. The maximum Gasteiger partial charge on any atom is 0.223 e. The van der Waals surface area contributed by atoms with Gasteiger partial charge in [-0.15, -0.1) is 12.4 Å². The fourth-order valence-electron chi connectivity index (χ4n) is 2.78. The Morgan fingerprint density at radius 2 is 2.19 bits per heavy atom. The van der Waals surface area contributed by atoms with Crippen molar-refractivity contribution in [3.8, 4) is 0 Å². The topological polar surface area (TPSA) is 41.1 Å². The van der Waals surface area contributed by atoms with Crippen LogP contribution in [0, 0.1) is 11.7 Å². The van der Waals surface area contributed by atoms with Crippen LogP contribution in [0.3, 0.4) is 0 Å².